The molecule has 0 aliphatic heterocycles. The van der Waals surface area contributed by atoms with Crippen molar-refractivity contribution in [3.8, 4) is 0 Å². The second-order valence-electron chi connectivity index (χ2n) is 8.77. The third-order valence-electron chi connectivity index (χ3n) is 6.74. The number of hydrogen-bond donors (Lipinski definition) is 1. The lowest BCUT2D eigenvalue weighted by Gasteiger charge is -2.49. The van der Waals surface area contributed by atoms with Gasteiger partial charge >= 0.3 is 0 Å². The van der Waals surface area contributed by atoms with Crippen LogP contribution in [0.15, 0.2) is 48.5 Å². The molecule has 0 aromatic heterocycles. The second kappa shape index (κ2) is 6.29. The molecule has 2 unspecified atom stereocenters. The van der Waals surface area contributed by atoms with Gasteiger partial charge in [-0.2, -0.15) is 0 Å². The molecular formula is C24H30O. The van der Waals surface area contributed by atoms with E-state index in [4.69, 9.17) is 0 Å². The lowest BCUT2D eigenvalue weighted by atomic mass is 9.56. The first-order chi connectivity index (χ1) is 12.0. The summed E-state index contributed by atoms with van der Waals surface area (Å²) in [6, 6.07) is 18.1. The van der Waals surface area contributed by atoms with E-state index < -0.39 is 5.60 Å². The molecule has 0 radical (unpaired) electrons. The van der Waals surface area contributed by atoms with Crippen LogP contribution < -0.4 is 0 Å². The second-order valence-corrected chi connectivity index (χ2v) is 8.77. The molecule has 25 heavy (non-hydrogen) atoms. The monoisotopic (exact) mass is 334 g/mol. The van der Waals surface area contributed by atoms with Crippen LogP contribution in [0.25, 0.3) is 0 Å². The molecular weight excluding hydrogens is 304 g/mol. The summed E-state index contributed by atoms with van der Waals surface area (Å²) in [6.45, 7) is 4.25. The third-order valence-corrected chi connectivity index (χ3v) is 6.74. The molecule has 4 rings (SSSR count). The average Bonchev–Trinajstić information content (AvgIpc) is 2.72. The Morgan fingerprint density at radius 1 is 1.08 bits per heavy atom. The van der Waals surface area contributed by atoms with Crippen molar-refractivity contribution < 1.29 is 5.11 Å². The Bertz CT molecular complexity index is 746. The summed E-state index contributed by atoms with van der Waals surface area (Å²) in [5.41, 5.74) is 5.61. The number of hydrogen-bond acceptors (Lipinski definition) is 1. The molecule has 0 heterocycles. The molecule has 0 bridgehead atoms. The molecule has 1 N–H and O–H groups in total. The zero-order valence-electron chi connectivity index (χ0n) is 15.6. The van der Waals surface area contributed by atoms with Gasteiger partial charge in [0.15, 0.2) is 0 Å². The molecule has 2 aliphatic carbocycles. The van der Waals surface area contributed by atoms with Crippen LogP contribution >= 0.6 is 0 Å². The predicted molar refractivity (Wildman–Crippen MR) is 104 cm³/mol. The van der Waals surface area contributed by atoms with Crippen LogP contribution in [0.4, 0.5) is 0 Å². The highest BCUT2D eigenvalue weighted by Gasteiger charge is 2.49. The lowest BCUT2D eigenvalue weighted by Crippen LogP contribution is -2.47. The number of rotatable bonds is 2. The summed E-state index contributed by atoms with van der Waals surface area (Å²) in [7, 11) is 0. The summed E-state index contributed by atoms with van der Waals surface area (Å²) in [4.78, 5) is 0. The van der Waals surface area contributed by atoms with Crippen molar-refractivity contribution in [1.29, 1.82) is 0 Å². The quantitative estimate of drug-likeness (QED) is 0.783. The van der Waals surface area contributed by atoms with Crippen molar-refractivity contribution in [2.75, 3.05) is 0 Å². The Morgan fingerprint density at radius 2 is 1.88 bits per heavy atom. The highest BCUT2D eigenvalue weighted by Crippen LogP contribution is 2.53. The van der Waals surface area contributed by atoms with Crippen molar-refractivity contribution in [3.05, 3.63) is 70.8 Å². The summed E-state index contributed by atoms with van der Waals surface area (Å²) < 4.78 is 0. The first kappa shape index (κ1) is 16.8. The molecule has 2 aromatic rings. The minimum absolute atomic E-state index is 0.184. The fourth-order valence-corrected chi connectivity index (χ4v) is 5.50. The maximum Gasteiger partial charge on any atom is 0.0623 e. The Balaban J connectivity index is 1.84. The summed E-state index contributed by atoms with van der Waals surface area (Å²) in [5, 5.41) is 10.8. The highest BCUT2D eigenvalue weighted by atomic mass is 16.3. The normalized spacial score (nSPS) is 31.7. The zero-order valence-corrected chi connectivity index (χ0v) is 15.6. The van der Waals surface area contributed by atoms with E-state index in [1.54, 1.807) is 11.1 Å². The van der Waals surface area contributed by atoms with Crippen LogP contribution in [-0.4, -0.2) is 10.7 Å². The smallest absolute Gasteiger partial charge is 0.0623 e. The van der Waals surface area contributed by atoms with Gasteiger partial charge in [-0.3, -0.25) is 0 Å². The number of aryl methyl sites for hydroxylation is 2. The van der Waals surface area contributed by atoms with E-state index in [0.29, 0.717) is 5.92 Å². The summed E-state index contributed by atoms with van der Waals surface area (Å²) >= 11 is 0. The fraction of sp³-hybridized carbons (Fsp3) is 0.500. The van der Waals surface area contributed by atoms with Gasteiger partial charge in [0.05, 0.1) is 5.60 Å². The maximum atomic E-state index is 10.8. The van der Waals surface area contributed by atoms with E-state index >= 15 is 0 Å². The Hall–Kier alpha value is -1.60. The first-order valence-electron chi connectivity index (χ1n) is 9.85. The van der Waals surface area contributed by atoms with Crippen LogP contribution in [0.2, 0.25) is 0 Å². The average molecular weight is 335 g/mol. The van der Waals surface area contributed by atoms with Crippen molar-refractivity contribution in [2.45, 2.75) is 69.8 Å². The number of benzene rings is 2. The zero-order chi connectivity index (χ0) is 17.5. The first-order valence-corrected chi connectivity index (χ1v) is 9.85. The van der Waals surface area contributed by atoms with E-state index in [1.807, 2.05) is 6.92 Å². The minimum Gasteiger partial charge on any atom is -0.390 e. The molecule has 1 heteroatoms. The van der Waals surface area contributed by atoms with Gasteiger partial charge in [0.1, 0.15) is 0 Å². The molecule has 1 saturated carbocycles. The van der Waals surface area contributed by atoms with Crippen molar-refractivity contribution in [3.63, 3.8) is 0 Å². The summed E-state index contributed by atoms with van der Waals surface area (Å²) in [6.07, 6.45) is 7.70. The lowest BCUT2D eigenvalue weighted by molar-refractivity contribution is -0.0330. The number of aliphatic hydroxyl groups is 1. The van der Waals surface area contributed by atoms with Crippen LogP contribution in [0.5, 0.6) is 0 Å². The third kappa shape index (κ3) is 3.15. The summed E-state index contributed by atoms with van der Waals surface area (Å²) in [5.74, 6) is 0.570. The van der Waals surface area contributed by atoms with Gasteiger partial charge < -0.3 is 5.11 Å². The highest BCUT2D eigenvalue weighted by molar-refractivity contribution is 5.41. The molecule has 1 nitrogen and oxygen atoms in total. The maximum absolute atomic E-state index is 10.8. The van der Waals surface area contributed by atoms with Crippen LogP contribution in [0.1, 0.15) is 61.3 Å². The minimum atomic E-state index is -0.500. The Morgan fingerprint density at radius 3 is 2.68 bits per heavy atom. The van der Waals surface area contributed by atoms with E-state index in [9.17, 15) is 5.11 Å². The Labute approximate surface area is 152 Å². The topological polar surface area (TPSA) is 20.2 Å². The van der Waals surface area contributed by atoms with Gasteiger partial charge in [0.25, 0.3) is 0 Å². The van der Waals surface area contributed by atoms with Crippen LogP contribution in [-0.2, 0) is 18.3 Å². The largest absolute Gasteiger partial charge is 0.390 e. The van der Waals surface area contributed by atoms with E-state index in [2.05, 4.69) is 55.5 Å². The van der Waals surface area contributed by atoms with Crippen molar-refractivity contribution in [2.24, 2.45) is 5.92 Å². The van der Waals surface area contributed by atoms with Gasteiger partial charge in [0.2, 0.25) is 0 Å². The predicted octanol–water partition coefficient (Wildman–Crippen LogP) is 5.36. The molecule has 2 aromatic carbocycles. The Kier molecular flexibility index (Phi) is 4.24. The van der Waals surface area contributed by atoms with Gasteiger partial charge in [-0.15, -0.1) is 0 Å². The SMILES string of the molecule is Cc1ccc2c(c1)CCCC1C[C@](C)(O)CCC21Cc1ccccc1. The van der Waals surface area contributed by atoms with E-state index in [-0.39, 0.29) is 5.41 Å². The van der Waals surface area contributed by atoms with Crippen LogP contribution in [0.3, 0.4) is 0 Å². The standard InChI is InChI=1S/C24H30O/c1-18-11-12-22-20(15-18)9-6-10-21-17-23(2,25)13-14-24(21,22)16-19-7-4-3-5-8-19/h3-5,7-8,11-12,15,21,25H,6,9-10,13-14,16-17H2,1-2H3/t21?,23-,24?/m1/s1. The van der Waals surface area contributed by atoms with E-state index in [1.165, 1.54) is 30.4 Å². The molecule has 2 aliphatic rings. The van der Waals surface area contributed by atoms with Gasteiger partial charge in [0, 0.05) is 5.41 Å². The molecule has 3 atom stereocenters. The van der Waals surface area contributed by atoms with Crippen molar-refractivity contribution >= 4 is 0 Å². The molecule has 1 fully saturated rings. The molecule has 132 valence electrons. The fourth-order valence-electron chi connectivity index (χ4n) is 5.50. The van der Waals surface area contributed by atoms with Gasteiger partial charge in [-0.25, -0.2) is 0 Å². The molecule has 0 saturated heterocycles. The molecule has 0 spiro atoms. The van der Waals surface area contributed by atoms with Crippen molar-refractivity contribution in [1.82, 2.24) is 0 Å². The number of fused-ring (bicyclic) bond motifs is 3. The van der Waals surface area contributed by atoms with Crippen LogP contribution in [0, 0.1) is 12.8 Å². The van der Waals surface area contributed by atoms with Gasteiger partial charge in [-0.1, -0.05) is 54.1 Å². The molecule has 0 amide bonds. The van der Waals surface area contributed by atoms with E-state index in [0.717, 1.165) is 25.7 Å². The van der Waals surface area contributed by atoms with Gasteiger partial charge in [-0.05, 0) is 81.4 Å².